The first-order valence-corrected chi connectivity index (χ1v) is 21.7. The Balaban J connectivity index is 1.22. The molecule has 2 heterocycles. The van der Waals surface area contributed by atoms with Crippen molar-refractivity contribution >= 4 is 0 Å². The van der Waals surface area contributed by atoms with Gasteiger partial charge < -0.3 is 52.8 Å². The fraction of sp³-hybridized carbons (Fsp3) is 0.400. The Hall–Kier alpha value is -5.03. The van der Waals surface area contributed by atoms with Crippen molar-refractivity contribution in [2.45, 2.75) is 101 Å². The Morgan fingerprint density at radius 2 is 0.891 bits per heavy atom. The van der Waals surface area contributed by atoms with Crippen LogP contribution in [0.15, 0.2) is 157 Å². The maximum atomic E-state index is 11.9. The minimum Gasteiger partial charge on any atom is -0.387 e. The Bertz CT molecular complexity index is 2090. The third-order valence-electron chi connectivity index (χ3n) is 10.9. The summed E-state index contributed by atoms with van der Waals surface area (Å²) in [6, 6.07) is 48.4. The molecule has 338 valence electrons. The lowest BCUT2D eigenvalue weighted by Crippen LogP contribution is -2.66. The molecule has 64 heavy (non-hydrogen) atoms. The van der Waals surface area contributed by atoms with E-state index in [4.69, 9.17) is 48.2 Å². The molecule has 0 saturated carbocycles. The summed E-state index contributed by atoms with van der Waals surface area (Å²) >= 11 is 0. The summed E-state index contributed by atoms with van der Waals surface area (Å²) in [5.74, 6) is 0. The fourth-order valence-corrected chi connectivity index (χ4v) is 7.58. The first-order chi connectivity index (χ1) is 31.6. The number of aliphatic hydroxyl groups excluding tert-OH is 2. The molecular weight excluding hydrogens is 819 g/mol. The molecule has 10 atom stereocenters. The molecule has 5 aromatic rings. The summed E-state index contributed by atoms with van der Waals surface area (Å²) in [6.07, 6.45) is -10.4. The van der Waals surface area contributed by atoms with Crippen LogP contribution in [0.25, 0.3) is 10.4 Å². The summed E-state index contributed by atoms with van der Waals surface area (Å²) in [4.78, 5) is 2.88. The molecule has 0 unspecified atom stereocenters. The number of hydrogen-bond acceptors (Lipinski definition) is 12. The number of aliphatic hydroxyl groups is 2. The first kappa shape index (κ1) is 46.9. The molecule has 14 heteroatoms. The van der Waals surface area contributed by atoms with Crippen LogP contribution in [0.1, 0.15) is 34.2 Å². The molecule has 2 N–H and O–H groups in total. The van der Waals surface area contributed by atoms with Crippen molar-refractivity contribution in [3.63, 3.8) is 0 Å². The number of ether oxygens (including phenoxy) is 9. The van der Waals surface area contributed by atoms with Crippen molar-refractivity contribution in [1.29, 1.82) is 0 Å². The van der Waals surface area contributed by atoms with E-state index in [1.54, 1.807) is 0 Å². The monoisotopic (exact) mass is 875 g/mol. The maximum absolute atomic E-state index is 11.9. The fourth-order valence-electron chi connectivity index (χ4n) is 7.58. The number of hydrogen-bond donors (Lipinski definition) is 2. The highest BCUT2D eigenvalue weighted by atomic mass is 16.8. The van der Waals surface area contributed by atoms with Gasteiger partial charge in [-0.05, 0) is 39.8 Å². The minimum atomic E-state index is -1.44. The Morgan fingerprint density at radius 3 is 1.38 bits per heavy atom. The summed E-state index contributed by atoms with van der Waals surface area (Å²) in [7, 11) is 0. The maximum Gasteiger partial charge on any atom is 0.187 e. The van der Waals surface area contributed by atoms with Crippen molar-refractivity contribution in [2.24, 2.45) is 5.11 Å². The van der Waals surface area contributed by atoms with Crippen molar-refractivity contribution < 1.29 is 52.8 Å². The van der Waals surface area contributed by atoms with Crippen LogP contribution in [0.3, 0.4) is 0 Å². The number of rotatable bonds is 24. The van der Waals surface area contributed by atoms with Crippen molar-refractivity contribution in [3.05, 3.63) is 190 Å². The summed E-state index contributed by atoms with van der Waals surface area (Å²) in [5, 5.41) is 27.1. The van der Waals surface area contributed by atoms with Crippen molar-refractivity contribution in [3.8, 4) is 0 Å². The van der Waals surface area contributed by atoms with Gasteiger partial charge in [-0.15, -0.1) is 0 Å². The van der Waals surface area contributed by atoms with Gasteiger partial charge >= 0.3 is 0 Å². The standard InChI is InChI=1S/C50H57N3O11/c51-53-52-27-16-28-58-49-48(61-33-40-25-14-5-15-26-40)47(60-32-39-23-12-4-13-24-39)45(42(63-49)35-57-30-37-19-8-2-9-20-37)64-50-46(59-31-38-21-10-3-11-22-38)44(55)43(54)41(62-50)34-56-29-36-17-6-1-7-18-36/h1-15,17-26,41-50,54-55H,16,27-35H2/t41-,42-,43+,44+,45-,46-,47+,48-,49-,50+/m1/s1. The molecule has 14 nitrogen and oxygen atoms in total. The van der Waals surface area contributed by atoms with Gasteiger partial charge in [0, 0.05) is 18.1 Å². The van der Waals surface area contributed by atoms with E-state index >= 15 is 0 Å². The first-order valence-electron chi connectivity index (χ1n) is 21.7. The normalized spacial score (nSPS) is 25.7. The van der Waals surface area contributed by atoms with Gasteiger partial charge in [-0.2, -0.15) is 0 Å². The molecule has 0 aliphatic carbocycles. The quantitative estimate of drug-likeness (QED) is 0.0273. The third kappa shape index (κ3) is 14.0. The Kier molecular flexibility index (Phi) is 18.7. The molecule has 0 amide bonds. The zero-order valence-electron chi connectivity index (χ0n) is 35.7. The SMILES string of the molecule is [N-]=[N+]=NCCCO[C@@H]1O[C@H](COCc2ccccc2)[C@@H](O[C@@H]2O[C@H](COCc3ccccc3)[C@H](O)[C@H](O)[C@H]2OCc2ccccc2)[C@H](OCc2ccccc2)[C@H]1OCc1ccccc1. The molecular formula is C50H57N3O11. The molecule has 0 radical (unpaired) electrons. The highest BCUT2D eigenvalue weighted by Gasteiger charge is 2.53. The average molecular weight is 876 g/mol. The van der Waals surface area contributed by atoms with Crippen LogP contribution in [0, 0.1) is 0 Å². The van der Waals surface area contributed by atoms with Gasteiger partial charge in [-0.25, -0.2) is 0 Å². The van der Waals surface area contributed by atoms with E-state index in [-0.39, 0.29) is 59.4 Å². The molecule has 0 spiro atoms. The second kappa shape index (κ2) is 25.5. The second-order valence-electron chi connectivity index (χ2n) is 15.6. The van der Waals surface area contributed by atoms with Crippen LogP contribution in [0.4, 0.5) is 0 Å². The van der Waals surface area contributed by atoms with Gasteiger partial charge in [0.2, 0.25) is 0 Å². The molecule has 5 aromatic carbocycles. The van der Waals surface area contributed by atoms with E-state index < -0.39 is 61.4 Å². The van der Waals surface area contributed by atoms with E-state index in [1.165, 1.54) is 0 Å². The summed E-state index contributed by atoms with van der Waals surface area (Å²) in [5.41, 5.74) is 13.5. The summed E-state index contributed by atoms with van der Waals surface area (Å²) in [6.45, 7) is 1.42. The van der Waals surface area contributed by atoms with Gasteiger partial charge in [-0.1, -0.05) is 157 Å². The topological polar surface area (TPSA) is 172 Å². The van der Waals surface area contributed by atoms with Gasteiger partial charge in [0.25, 0.3) is 0 Å². The summed E-state index contributed by atoms with van der Waals surface area (Å²) < 4.78 is 59.3. The minimum absolute atomic E-state index is 0.0335. The van der Waals surface area contributed by atoms with E-state index in [0.29, 0.717) is 6.42 Å². The highest BCUT2D eigenvalue weighted by molar-refractivity contribution is 5.17. The Morgan fingerprint density at radius 1 is 0.469 bits per heavy atom. The van der Waals surface area contributed by atoms with E-state index in [2.05, 4.69) is 10.0 Å². The average Bonchev–Trinajstić information content (AvgIpc) is 3.34. The van der Waals surface area contributed by atoms with Crippen molar-refractivity contribution in [1.82, 2.24) is 0 Å². The lowest BCUT2D eigenvalue weighted by molar-refractivity contribution is -0.373. The number of benzene rings is 5. The molecule has 2 aliphatic heterocycles. The lowest BCUT2D eigenvalue weighted by atomic mass is 9.96. The molecule has 2 fully saturated rings. The van der Waals surface area contributed by atoms with Gasteiger partial charge in [0.15, 0.2) is 12.6 Å². The third-order valence-corrected chi connectivity index (χ3v) is 10.9. The smallest absolute Gasteiger partial charge is 0.187 e. The zero-order valence-corrected chi connectivity index (χ0v) is 35.7. The molecule has 2 saturated heterocycles. The molecule has 0 bridgehead atoms. The van der Waals surface area contributed by atoms with Crippen molar-refractivity contribution in [2.75, 3.05) is 26.4 Å². The van der Waals surface area contributed by atoms with Crippen LogP contribution in [0.5, 0.6) is 0 Å². The van der Waals surface area contributed by atoms with Gasteiger partial charge in [0.1, 0.15) is 48.8 Å². The number of azide groups is 1. The largest absolute Gasteiger partial charge is 0.387 e. The molecule has 7 rings (SSSR count). The zero-order chi connectivity index (χ0) is 44.2. The van der Waals surface area contributed by atoms with Crippen LogP contribution in [0.2, 0.25) is 0 Å². The van der Waals surface area contributed by atoms with E-state index in [0.717, 1.165) is 27.8 Å². The predicted octanol–water partition coefficient (Wildman–Crippen LogP) is 7.45. The Labute approximate surface area is 374 Å². The van der Waals surface area contributed by atoms with Crippen LogP contribution >= 0.6 is 0 Å². The van der Waals surface area contributed by atoms with Crippen LogP contribution in [-0.2, 0) is 75.7 Å². The number of nitrogens with zero attached hydrogens (tertiary/aromatic N) is 3. The van der Waals surface area contributed by atoms with Gasteiger partial charge in [0.05, 0.1) is 46.2 Å². The van der Waals surface area contributed by atoms with E-state index in [9.17, 15) is 10.2 Å². The van der Waals surface area contributed by atoms with E-state index in [1.807, 2.05) is 152 Å². The molecule has 0 aromatic heterocycles. The predicted molar refractivity (Wildman–Crippen MR) is 236 cm³/mol. The van der Waals surface area contributed by atoms with Crippen LogP contribution in [-0.4, -0.2) is 98.0 Å². The molecule has 2 aliphatic rings. The second-order valence-corrected chi connectivity index (χ2v) is 15.6. The van der Waals surface area contributed by atoms with Crippen LogP contribution < -0.4 is 0 Å². The van der Waals surface area contributed by atoms with Gasteiger partial charge in [-0.3, -0.25) is 0 Å². The lowest BCUT2D eigenvalue weighted by Gasteiger charge is -2.49. The highest BCUT2D eigenvalue weighted by Crippen LogP contribution is 2.35.